The topological polar surface area (TPSA) is 103 Å². The SMILES string of the molecule is COc1cc(C=NNC(=O)Cc2ccccc2[N+](=O)[O-])ccc1OCc1ccc(Cl)c(Cl)c1. The number of carbonyl (C=O) groups excluding carboxylic acids is 1. The van der Waals surface area contributed by atoms with Crippen molar-refractivity contribution in [3.63, 3.8) is 0 Å². The number of benzene rings is 3. The zero-order valence-corrected chi connectivity index (χ0v) is 19.0. The molecular formula is C23H19Cl2N3O5. The van der Waals surface area contributed by atoms with Crippen LogP contribution in [0.2, 0.25) is 10.0 Å². The van der Waals surface area contributed by atoms with E-state index in [9.17, 15) is 14.9 Å². The van der Waals surface area contributed by atoms with Gasteiger partial charge in [-0.05, 0) is 41.5 Å². The molecule has 33 heavy (non-hydrogen) atoms. The zero-order valence-electron chi connectivity index (χ0n) is 17.5. The van der Waals surface area contributed by atoms with Gasteiger partial charge < -0.3 is 9.47 Å². The van der Waals surface area contributed by atoms with E-state index in [0.717, 1.165) is 5.56 Å². The molecule has 8 nitrogen and oxygen atoms in total. The summed E-state index contributed by atoms with van der Waals surface area (Å²) < 4.78 is 11.2. The normalized spacial score (nSPS) is 10.8. The van der Waals surface area contributed by atoms with Crippen LogP contribution in [0.15, 0.2) is 65.8 Å². The van der Waals surface area contributed by atoms with E-state index in [1.807, 2.05) is 6.07 Å². The first-order valence-electron chi connectivity index (χ1n) is 9.66. The van der Waals surface area contributed by atoms with Crippen molar-refractivity contribution >= 4 is 41.0 Å². The molecule has 0 saturated carbocycles. The molecule has 0 atom stereocenters. The first-order chi connectivity index (χ1) is 15.9. The van der Waals surface area contributed by atoms with Crippen LogP contribution in [0.5, 0.6) is 11.5 Å². The summed E-state index contributed by atoms with van der Waals surface area (Å²) in [5, 5.41) is 15.9. The number of hydrazone groups is 1. The number of nitrogens with one attached hydrogen (secondary N) is 1. The Balaban J connectivity index is 1.60. The van der Waals surface area contributed by atoms with Gasteiger partial charge in [-0.3, -0.25) is 14.9 Å². The van der Waals surface area contributed by atoms with Gasteiger partial charge in [0.05, 0.1) is 34.7 Å². The summed E-state index contributed by atoms with van der Waals surface area (Å²) in [5.74, 6) is 0.514. The highest BCUT2D eigenvalue weighted by Gasteiger charge is 2.15. The number of halogens is 2. The highest BCUT2D eigenvalue weighted by molar-refractivity contribution is 6.42. The number of amides is 1. The quantitative estimate of drug-likeness (QED) is 0.254. The number of hydrogen-bond donors (Lipinski definition) is 1. The van der Waals surface area contributed by atoms with E-state index in [2.05, 4.69) is 10.5 Å². The number of hydrogen-bond acceptors (Lipinski definition) is 6. The second-order valence-electron chi connectivity index (χ2n) is 6.80. The summed E-state index contributed by atoms with van der Waals surface area (Å²) in [6, 6.07) is 16.5. The van der Waals surface area contributed by atoms with E-state index in [1.54, 1.807) is 42.5 Å². The van der Waals surface area contributed by atoms with Gasteiger partial charge in [-0.25, -0.2) is 5.43 Å². The molecule has 0 aromatic heterocycles. The lowest BCUT2D eigenvalue weighted by molar-refractivity contribution is -0.385. The van der Waals surface area contributed by atoms with Crippen molar-refractivity contribution in [1.82, 2.24) is 5.43 Å². The van der Waals surface area contributed by atoms with E-state index in [1.165, 1.54) is 25.5 Å². The number of nitrogens with zero attached hydrogens (tertiary/aromatic N) is 2. The maximum atomic E-state index is 12.1. The second-order valence-corrected chi connectivity index (χ2v) is 7.62. The Morgan fingerprint density at radius 2 is 1.88 bits per heavy atom. The lowest BCUT2D eigenvalue weighted by Gasteiger charge is -2.11. The van der Waals surface area contributed by atoms with E-state index in [4.69, 9.17) is 32.7 Å². The number of nitro groups is 1. The summed E-state index contributed by atoms with van der Waals surface area (Å²) in [6.45, 7) is 0.266. The van der Waals surface area contributed by atoms with Gasteiger partial charge in [-0.1, -0.05) is 47.5 Å². The third-order valence-corrected chi connectivity index (χ3v) is 5.25. The molecule has 0 bridgehead atoms. The molecule has 3 aromatic rings. The summed E-state index contributed by atoms with van der Waals surface area (Å²) >= 11 is 12.0. The average molecular weight is 488 g/mol. The van der Waals surface area contributed by atoms with Crippen LogP contribution in [-0.4, -0.2) is 24.2 Å². The Morgan fingerprint density at radius 3 is 2.61 bits per heavy atom. The van der Waals surface area contributed by atoms with Gasteiger partial charge in [0.2, 0.25) is 5.91 Å². The molecule has 0 spiro atoms. The smallest absolute Gasteiger partial charge is 0.273 e. The van der Waals surface area contributed by atoms with Crippen LogP contribution >= 0.6 is 23.2 Å². The van der Waals surface area contributed by atoms with Crippen LogP contribution in [0.1, 0.15) is 16.7 Å². The maximum absolute atomic E-state index is 12.1. The number of rotatable bonds is 9. The molecule has 3 rings (SSSR count). The molecule has 1 N–H and O–H groups in total. The van der Waals surface area contributed by atoms with E-state index in [-0.39, 0.29) is 18.7 Å². The van der Waals surface area contributed by atoms with Crippen LogP contribution < -0.4 is 14.9 Å². The standard InChI is InChI=1S/C23H19Cl2N3O5/c1-32-22-11-15(7-9-21(22)33-14-16-6-8-18(24)19(25)10-16)13-26-27-23(29)12-17-4-2-3-5-20(17)28(30)31/h2-11,13H,12,14H2,1H3,(H,27,29). The van der Waals surface area contributed by atoms with Crippen LogP contribution in [0.25, 0.3) is 0 Å². The van der Waals surface area contributed by atoms with Gasteiger partial charge in [0, 0.05) is 11.6 Å². The Labute approximate surface area is 199 Å². The van der Waals surface area contributed by atoms with Crippen LogP contribution in [0.4, 0.5) is 5.69 Å². The Bertz CT molecular complexity index is 1200. The van der Waals surface area contributed by atoms with Crippen molar-refractivity contribution in [2.45, 2.75) is 13.0 Å². The van der Waals surface area contributed by atoms with Crippen LogP contribution in [0.3, 0.4) is 0 Å². The zero-order chi connectivity index (χ0) is 23.8. The fourth-order valence-electron chi connectivity index (χ4n) is 2.90. The minimum Gasteiger partial charge on any atom is -0.493 e. The first kappa shape index (κ1) is 24.0. The van der Waals surface area contributed by atoms with Gasteiger partial charge in [0.1, 0.15) is 6.61 Å². The van der Waals surface area contributed by atoms with Gasteiger partial charge in [0.15, 0.2) is 11.5 Å². The van der Waals surface area contributed by atoms with Crippen molar-refractivity contribution in [2.75, 3.05) is 7.11 Å². The molecule has 3 aromatic carbocycles. The van der Waals surface area contributed by atoms with E-state index < -0.39 is 10.8 Å². The number of para-hydroxylation sites is 1. The van der Waals surface area contributed by atoms with Crippen LogP contribution in [-0.2, 0) is 17.8 Å². The summed E-state index contributed by atoms with van der Waals surface area (Å²) in [5.41, 5.74) is 4.06. The van der Waals surface area contributed by atoms with Gasteiger partial charge >= 0.3 is 0 Å². The lowest BCUT2D eigenvalue weighted by atomic mass is 10.1. The minimum absolute atomic E-state index is 0.113. The Kier molecular flexibility index (Phi) is 8.23. The van der Waals surface area contributed by atoms with Gasteiger partial charge in [0.25, 0.3) is 5.69 Å². The van der Waals surface area contributed by atoms with Crippen molar-refractivity contribution in [3.8, 4) is 11.5 Å². The number of carbonyl (C=O) groups is 1. The molecule has 0 unspecified atom stereocenters. The van der Waals surface area contributed by atoms with Crippen molar-refractivity contribution in [1.29, 1.82) is 0 Å². The first-order valence-corrected chi connectivity index (χ1v) is 10.4. The lowest BCUT2D eigenvalue weighted by Crippen LogP contribution is -2.20. The Morgan fingerprint density at radius 1 is 1.09 bits per heavy atom. The number of methoxy groups -OCH3 is 1. The molecule has 0 saturated heterocycles. The molecule has 0 aliphatic carbocycles. The molecule has 0 heterocycles. The summed E-state index contributed by atoms with van der Waals surface area (Å²) in [4.78, 5) is 22.6. The fraction of sp³-hybridized carbons (Fsp3) is 0.130. The third-order valence-electron chi connectivity index (χ3n) is 4.51. The minimum atomic E-state index is -0.524. The third kappa shape index (κ3) is 6.68. The molecule has 0 fully saturated rings. The molecule has 10 heteroatoms. The predicted molar refractivity (Wildman–Crippen MR) is 126 cm³/mol. The van der Waals surface area contributed by atoms with Gasteiger partial charge in [-0.2, -0.15) is 5.10 Å². The largest absolute Gasteiger partial charge is 0.493 e. The molecule has 170 valence electrons. The molecule has 0 aliphatic rings. The molecular weight excluding hydrogens is 469 g/mol. The van der Waals surface area contributed by atoms with Crippen molar-refractivity contribution < 1.29 is 19.2 Å². The highest BCUT2D eigenvalue weighted by Crippen LogP contribution is 2.29. The number of ether oxygens (including phenoxy) is 2. The van der Waals surface area contributed by atoms with E-state index >= 15 is 0 Å². The summed E-state index contributed by atoms with van der Waals surface area (Å²) in [7, 11) is 1.51. The molecule has 0 radical (unpaired) electrons. The molecule has 1 amide bonds. The predicted octanol–water partition coefficient (Wildman–Crippen LogP) is 5.18. The number of nitro benzene ring substituents is 1. The Hall–Kier alpha value is -3.62. The van der Waals surface area contributed by atoms with Crippen molar-refractivity contribution in [3.05, 3.63) is 97.5 Å². The monoisotopic (exact) mass is 487 g/mol. The highest BCUT2D eigenvalue weighted by atomic mass is 35.5. The van der Waals surface area contributed by atoms with Gasteiger partial charge in [-0.15, -0.1) is 0 Å². The van der Waals surface area contributed by atoms with E-state index in [0.29, 0.717) is 32.7 Å². The maximum Gasteiger partial charge on any atom is 0.273 e. The average Bonchev–Trinajstić information content (AvgIpc) is 2.80. The molecule has 0 aliphatic heterocycles. The van der Waals surface area contributed by atoms with Crippen molar-refractivity contribution in [2.24, 2.45) is 5.10 Å². The second kappa shape index (κ2) is 11.3. The fourth-order valence-corrected chi connectivity index (χ4v) is 3.22. The van der Waals surface area contributed by atoms with Crippen LogP contribution in [0, 0.1) is 10.1 Å². The summed E-state index contributed by atoms with van der Waals surface area (Å²) in [6.07, 6.45) is 1.27.